The standard InChI is InChI=1S/C11H12ClNO3/c1-6-4-3-5-8(12)9(6)13-10(14)7(2)11(15)16/h3-5,7H,1-2H3,(H,13,14)(H,15,16). The molecule has 2 N–H and O–H groups in total. The van der Waals surface area contributed by atoms with Crippen molar-refractivity contribution in [3.8, 4) is 0 Å². The Morgan fingerprint density at radius 3 is 2.56 bits per heavy atom. The van der Waals surface area contributed by atoms with E-state index in [4.69, 9.17) is 16.7 Å². The molecule has 0 aromatic heterocycles. The average Bonchev–Trinajstić information content (AvgIpc) is 2.22. The van der Waals surface area contributed by atoms with Crippen molar-refractivity contribution in [3.05, 3.63) is 28.8 Å². The average molecular weight is 242 g/mol. The lowest BCUT2D eigenvalue weighted by atomic mass is 10.1. The van der Waals surface area contributed by atoms with Crippen LogP contribution in [0.1, 0.15) is 12.5 Å². The Hall–Kier alpha value is -1.55. The number of rotatable bonds is 3. The molecule has 1 aromatic rings. The van der Waals surface area contributed by atoms with Crippen LogP contribution in [0, 0.1) is 12.8 Å². The lowest BCUT2D eigenvalue weighted by Gasteiger charge is -2.12. The van der Waals surface area contributed by atoms with Crippen molar-refractivity contribution in [2.45, 2.75) is 13.8 Å². The van der Waals surface area contributed by atoms with Gasteiger partial charge in [0.2, 0.25) is 5.91 Å². The van der Waals surface area contributed by atoms with E-state index in [-0.39, 0.29) is 0 Å². The minimum Gasteiger partial charge on any atom is -0.481 e. The number of hydrogen-bond acceptors (Lipinski definition) is 2. The monoisotopic (exact) mass is 241 g/mol. The molecule has 86 valence electrons. The fourth-order valence-electron chi connectivity index (χ4n) is 1.13. The number of anilines is 1. The highest BCUT2D eigenvalue weighted by Gasteiger charge is 2.21. The molecule has 0 aliphatic carbocycles. The summed E-state index contributed by atoms with van der Waals surface area (Å²) >= 11 is 5.90. The molecule has 4 nitrogen and oxygen atoms in total. The Labute approximate surface area is 98.2 Å². The van der Waals surface area contributed by atoms with Gasteiger partial charge in [0, 0.05) is 0 Å². The van der Waals surface area contributed by atoms with Crippen LogP contribution < -0.4 is 5.32 Å². The zero-order valence-corrected chi connectivity index (χ0v) is 9.71. The van der Waals surface area contributed by atoms with E-state index < -0.39 is 17.8 Å². The lowest BCUT2D eigenvalue weighted by Crippen LogP contribution is -2.27. The number of aliphatic carboxylic acids is 1. The van der Waals surface area contributed by atoms with Crippen LogP contribution in [0.2, 0.25) is 5.02 Å². The van der Waals surface area contributed by atoms with Crippen LogP contribution >= 0.6 is 11.6 Å². The molecule has 1 unspecified atom stereocenters. The minimum atomic E-state index is -1.16. The highest BCUT2D eigenvalue weighted by molar-refractivity contribution is 6.34. The topological polar surface area (TPSA) is 66.4 Å². The van der Waals surface area contributed by atoms with E-state index in [1.165, 1.54) is 6.92 Å². The molecule has 16 heavy (non-hydrogen) atoms. The van der Waals surface area contributed by atoms with Crippen molar-refractivity contribution >= 4 is 29.2 Å². The molecule has 0 heterocycles. The number of carboxylic acid groups (broad SMARTS) is 1. The molecule has 1 amide bonds. The van der Waals surface area contributed by atoms with E-state index in [0.29, 0.717) is 10.7 Å². The van der Waals surface area contributed by atoms with Gasteiger partial charge in [0.25, 0.3) is 0 Å². The summed E-state index contributed by atoms with van der Waals surface area (Å²) in [6, 6.07) is 5.18. The van der Waals surface area contributed by atoms with E-state index in [1.54, 1.807) is 25.1 Å². The second-order valence-electron chi connectivity index (χ2n) is 3.48. The van der Waals surface area contributed by atoms with Gasteiger partial charge in [-0.15, -0.1) is 0 Å². The molecule has 0 aliphatic heterocycles. The number of benzene rings is 1. The van der Waals surface area contributed by atoms with Crippen LogP contribution in [0.5, 0.6) is 0 Å². The van der Waals surface area contributed by atoms with Crippen LogP contribution in [0.25, 0.3) is 0 Å². The Bertz CT molecular complexity index is 411. The Kier molecular flexibility index (Phi) is 3.90. The van der Waals surface area contributed by atoms with Gasteiger partial charge < -0.3 is 10.4 Å². The summed E-state index contributed by atoms with van der Waals surface area (Å²) in [5.74, 6) is -2.85. The normalized spacial score (nSPS) is 11.9. The summed E-state index contributed by atoms with van der Waals surface area (Å²) in [6.07, 6.45) is 0. The quantitative estimate of drug-likeness (QED) is 0.798. The maximum Gasteiger partial charge on any atom is 0.315 e. The molecular weight excluding hydrogens is 230 g/mol. The number of amides is 1. The number of aryl methyl sites for hydroxylation is 1. The number of carbonyl (C=O) groups is 2. The Balaban J connectivity index is 2.89. The van der Waals surface area contributed by atoms with Gasteiger partial charge in [-0.25, -0.2) is 0 Å². The third-order valence-corrected chi connectivity index (χ3v) is 2.55. The molecule has 0 spiro atoms. The zero-order chi connectivity index (χ0) is 12.3. The van der Waals surface area contributed by atoms with Gasteiger partial charge in [-0.2, -0.15) is 0 Å². The fraction of sp³-hybridized carbons (Fsp3) is 0.273. The van der Waals surface area contributed by atoms with Crippen LogP contribution in [-0.2, 0) is 9.59 Å². The summed E-state index contributed by atoms with van der Waals surface area (Å²) in [5, 5.41) is 11.6. The van der Waals surface area contributed by atoms with E-state index in [1.807, 2.05) is 0 Å². The number of nitrogens with one attached hydrogen (secondary N) is 1. The molecule has 0 bridgehead atoms. The molecule has 0 aliphatic rings. The SMILES string of the molecule is Cc1cccc(Cl)c1NC(=O)C(C)C(=O)O. The first-order valence-corrected chi connectivity index (χ1v) is 5.10. The van der Waals surface area contributed by atoms with Gasteiger partial charge in [0.15, 0.2) is 0 Å². The summed E-state index contributed by atoms with van der Waals surface area (Å²) < 4.78 is 0. The van der Waals surface area contributed by atoms with Crippen molar-refractivity contribution in [3.63, 3.8) is 0 Å². The van der Waals surface area contributed by atoms with E-state index >= 15 is 0 Å². The number of carbonyl (C=O) groups excluding carboxylic acids is 1. The molecule has 1 aromatic carbocycles. The van der Waals surface area contributed by atoms with Crippen LogP contribution in [-0.4, -0.2) is 17.0 Å². The first-order chi connectivity index (χ1) is 7.43. The highest BCUT2D eigenvalue weighted by atomic mass is 35.5. The van der Waals surface area contributed by atoms with Crippen LogP contribution in [0.4, 0.5) is 5.69 Å². The van der Waals surface area contributed by atoms with Gasteiger partial charge in [0.1, 0.15) is 5.92 Å². The van der Waals surface area contributed by atoms with Gasteiger partial charge >= 0.3 is 5.97 Å². The van der Waals surface area contributed by atoms with E-state index in [0.717, 1.165) is 5.56 Å². The predicted molar refractivity (Wildman–Crippen MR) is 61.6 cm³/mol. The van der Waals surface area contributed by atoms with Crippen LogP contribution in [0.3, 0.4) is 0 Å². The number of para-hydroxylation sites is 1. The molecule has 0 radical (unpaired) electrons. The largest absolute Gasteiger partial charge is 0.481 e. The number of carboxylic acids is 1. The molecule has 0 fully saturated rings. The van der Waals surface area contributed by atoms with Crippen molar-refractivity contribution in [1.29, 1.82) is 0 Å². The third kappa shape index (κ3) is 2.73. The molecule has 1 rings (SSSR count). The Morgan fingerprint density at radius 2 is 2.06 bits per heavy atom. The first-order valence-electron chi connectivity index (χ1n) is 4.72. The number of hydrogen-bond donors (Lipinski definition) is 2. The zero-order valence-electron chi connectivity index (χ0n) is 8.95. The van der Waals surface area contributed by atoms with E-state index in [2.05, 4.69) is 5.32 Å². The van der Waals surface area contributed by atoms with Gasteiger partial charge in [-0.05, 0) is 25.5 Å². The molecule has 5 heteroatoms. The smallest absolute Gasteiger partial charge is 0.315 e. The Morgan fingerprint density at radius 1 is 1.44 bits per heavy atom. The van der Waals surface area contributed by atoms with Crippen molar-refractivity contribution in [2.24, 2.45) is 5.92 Å². The molecule has 0 saturated carbocycles. The molecular formula is C11H12ClNO3. The maximum absolute atomic E-state index is 11.5. The van der Waals surface area contributed by atoms with Crippen molar-refractivity contribution in [2.75, 3.05) is 5.32 Å². The summed E-state index contributed by atoms with van der Waals surface area (Å²) in [7, 11) is 0. The predicted octanol–water partition coefficient (Wildman–Crippen LogP) is 2.31. The summed E-state index contributed by atoms with van der Waals surface area (Å²) in [5.41, 5.74) is 1.25. The second kappa shape index (κ2) is 4.99. The minimum absolute atomic E-state index is 0.394. The van der Waals surface area contributed by atoms with Crippen molar-refractivity contribution < 1.29 is 14.7 Å². The number of halogens is 1. The van der Waals surface area contributed by atoms with Crippen molar-refractivity contribution in [1.82, 2.24) is 0 Å². The summed E-state index contributed by atoms with van der Waals surface area (Å²) in [6.45, 7) is 3.11. The second-order valence-corrected chi connectivity index (χ2v) is 3.89. The van der Waals surface area contributed by atoms with Gasteiger partial charge in [0.05, 0.1) is 10.7 Å². The maximum atomic E-state index is 11.5. The van der Waals surface area contributed by atoms with Gasteiger partial charge in [-0.3, -0.25) is 9.59 Å². The highest BCUT2D eigenvalue weighted by Crippen LogP contribution is 2.25. The van der Waals surface area contributed by atoms with E-state index in [9.17, 15) is 9.59 Å². The molecule has 0 saturated heterocycles. The van der Waals surface area contributed by atoms with Crippen LogP contribution in [0.15, 0.2) is 18.2 Å². The summed E-state index contributed by atoms with van der Waals surface area (Å²) in [4.78, 5) is 22.1. The molecule has 1 atom stereocenters. The lowest BCUT2D eigenvalue weighted by molar-refractivity contribution is -0.144. The third-order valence-electron chi connectivity index (χ3n) is 2.23. The fourth-order valence-corrected chi connectivity index (χ4v) is 1.40. The van der Waals surface area contributed by atoms with Gasteiger partial charge in [-0.1, -0.05) is 23.7 Å². The first kappa shape index (κ1) is 12.5.